The van der Waals surface area contributed by atoms with E-state index >= 15 is 0 Å². The highest BCUT2D eigenvalue weighted by Crippen LogP contribution is 2.25. The molecular formula is C18H18FN5O2. The van der Waals surface area contributed by atoms with E-state index in [2.05, 4.69) is 15.5 Å². The molecule has 0 bridgehead atoms. The third-order valence-corrected chi connectivity index (χ3v) is 4.52. The predicted molar refractivity (Wildman–Crippen MR) is 91.8 cm³/mol. The number of piperazine rings is 1. The molecule has 0 aliphatic carbocycles. The minimum absolute atomic E-state index is 0.178. The molecular weight excluding hydrogens is 337 g/mol. The number of rotatable bonds is 3. The van der Waals surface area contributed by atoms with Crippen LogP contribution in [0.4, 0.5) is 4.39 Å². The Balaban J connectivity index is 1.60. The minimum Gasteiger partial charge on any atom is -0.355 e. The molecule has 2 aromatic heterocycles. The average Bonchev–Trinajstić information content (AvgIpc) is 3.31. The number of benzene rings is 1. The van der Waals surface area contributed by atoms with E-state index in [1.807, 2.05) is 17.8 Å². The summed E-state index contributed by atoms with van der Waals surface area (Å²) in [7, 11) is 1.91. The van der Waals surface area contributed by atoms with Crippen molar-refractivity contribution in [2.45, 2.75) is 6.04 Å². The smallest absolute Gasteiger partial charge is 0.276 e. The van der Waals surface area contributed by atoms with Crippen LogP contribution >= 0.6 is 0 Å². The van der Waals surface area contributed by atoms with Gasteiger partial charge in [0.05, 0.1) is 0 Å². The lowest BCUT2D eigenvalue weighted by Crippen LogP contribution is -2.49. The first-order valence-corrected chi connectivity index (χ1v) is 8.35. The Labute approximate surface area is 149 Å². The van der Waals surface area contributed by atoms with Crippen molar-refractivity contribution in [1.82, 2.24) is 24.9 Å². The van der Waals surface area contributed by atoms with Gasteiger partial charge in [-0.15, -0.1) is 0 Å². The summed E-state index contributed by atoms with van der Waals surface area (Å²) in [6, 6.07) is 7.27. The van der Waals surface area contributed by atoms with Crippen LogP contribution in [-0.4, -0.2) is 45.1 Å². The maximum atomic E-state index is 13.1. The molecule has 26 heavy (non-hydrogen) atoms. The van der Waals surface area contributed by atoms with Crippen LogP contribution in [0.2, 0.25) is 0 Å². The zero-order valence-corrected chi connectivity index (χ0v) is 14.2. The number of hydrogen-bond acceptors (Lipinski definition) is 5. The molecule has 1 amide bonds. The summed E-state index contributed by atoms with van der Waals surface area (Å²) in [4.78, 5) is 19.1. The van der Waals surface area contributed by atoms with Crippen molar-refractivity contribution in [3.8, 4) is 11.3 Å². The van der Waals surface area contributed by atoms with Gasteiger partial charge in [0, 0.05) is 50.7 Å². The summed E-state index contributed by atoms with van der Waals surface area (Å²) < 4.78 is 20.3. The SMILES string of the molecule is Cn1ccnc1C1CNCCN1C(=O)c1cc(-c2ccc(F)cc2)on1. The van der Waals surface area contributed by atoms with Gasteiger partial charge in [-0.3, -0.25) is 4.79 Å². The van der Waals surface area contributed by atoms with E-state index < -0.39 is 0 Å². The van der Waals surface area contributed by atoms with Crippen molar-refractivity contribution >= 4 is 5.91 Å². The molecule has 1 aliphatic rings. The number of halogens is 1. The van der Waals surface area contributed by atoms with E-state index in [-0.39, 0.29) is 23.5 Å². The van der Waals surface area contributed by atoms with Crippen molar-refractivity contribution in [3.63, 3.8) is 0 Å². The molecule has 1 aliphatic heterocycles. The van der Waals surface area contributed by atoms with E-state index in [1.165, 1.54) is 12.1 Å². The maximum absolute atomic E-state index is 13.1. The lowest BCUT2D eigenvalue weighted by Gasteiger charge is -2.35. The topological polar surface area (TPSA) is 76.2 Å². The van der Waals surface area contributed by atoms with Gasteiger partial charge < -0.3 is 19.3 Å². The molecule has 0 radical (unpaired) electrons. The molecule has 4 rings (SSSR count). The van der Waals surface area contributed by atoms with Crippen LogP contribution in [-0.2, 0) is 7.05 Å². The third-order valence-electron chi connectivity index (χ3n) is 4.52. The standard InChI is InChI=1S/C18H18FN5O2/c1-23-8-7-21-17(23)15-11-20-6-9-24(15)18(25)14-10-16(26-22-14)12-2-4-13(19)5-3-12/h2-5,7-8,10,15,20H,6,9,11H2,1H3. The Bertz CT molecular complexity index is 918. The fourth-order valence-electron chi connectivity index (χ4n) is 3.15. The van der Waals surface area contributed by atoms with E-state index in [0.717, 1.165) is 5.82 Å². The van der Waals surface area contributed by atoms with Gasteiger partial charge in [-0.1, -0.05) is 5.16 Å². The lowest BCUT2D eigenvalue weighted by molar-refractivity contribution is 0.0610. The van der Waals surface area contributed by atoms with Gasteiger partial charge in [0.1, 0.15) is 17.7 Å². The molecule has 1 N–H and O–H groups in total. The number of imidazole rings is 1. The molecule has 1 saturated heterocycles. The molecule has 3 aromatic rings. The predicted octanol–water partition coefficient (Wildman–Crippen LogP) is 2.00. The fraction of sp³-hybridized carbons (Fsp3) is 0.278. The largest absolute Gasteiger partial charge is 0.355 e. The van der Waals surface area contributed by atoms with Gasteiger partial charge in [-0.05, 0) is 24.3 Å². The molecule has 1 fully saturated rings. The highest BCUT2D eigenvalue weighted by molar-refractivity contribution is 5.93. The van der Waals surface area contributed by atoms with E-state index in [0.29, 0.717) is 31.0 Å². The van der Waals surface area contributed by atoms with Gasteiger partial charge in [0.2, 0.25) is 0 Å². The summed E-state index contributed by atoms with van der Waals surface area (Å²) in [5.74, 6) is 0.699. The lowest BCUT2D eigenvalue weighted by atomic mass is 10.1. The number of carbonyl (C=O) groups is 1. The Kier molecular flexibility index (Phi) is 4.26. The summed E-state index contributed by atoms with van der Waals surface area (Å²) in [6.45, 7) is 1.88. The van der Waals surface area contributed by atoms with Crippen LogP contribution in [0.5, 0.6) is 0 Å². The molecule has 1 unspecified atom stereocenters. The number of aromatic nitrogens is 3. The second-order valence-corrected chi connectivity index (χ2v) is 6.20. The molecule has 3 heterocycles. The first-order chi connectivity index (χ1) is 12.6. The van der Waals surface area contributed by atoms with Crippen LogP contribution < -0.4 is 5.32 Å². The summed E-state index contributed by atoms with van der Waals surface area (Å²) >= 11 is 0. The van der Waals surface area contributed by atoms with Gasteiger partial charge in [-0.25, -0.2) is 9.37 Å². The van der Waals surface area contributed by atoms with Crippen molar-refractivity contribution in [1.29, 1.82) is 0 Å². The zero-order chi connectivity index (χ0) is 18.1. The number of nitrogens with one attached hydrogen (secondary N) is 1. The van der Waals surface area contributed by atoms with Crippen molar-refractivity contribution in [2.75, 3.05) is 19.6 Å². The highest BCUT2D eigenvalue weighted by Gasteiger charge is 2.32. The van der Waals surface area contributed by atoms with Gasteiger partial charge in [0.25, 0.3) is 5.91 Å². The minimum atomic E-state index is -0.330. The van der Waals surface area contributed by atoms with E-state index in [9.17, 15) is 9.18 Å². The van der Waals surface area contributed by atoms with Crippen LogP contribution in [0.25, 0.3) is 11.3 Å². The normalized spacial score (nSPS) is 17.5. The monoisotopic (exact) mass is 355 g/mol. The Morgan fingerprint density at radius 2 is 2.15 bits per heavy atom. The second-order valence-electron chi connectivity index (χ2n) is 6.20. The van der Waals surface area contributed by atoms with Crippen LogP contribution in [0.1, 0.15) is 22.4 Å². The van der Waals surface area contributed by atoms with Crippen molar-refractivity contribution in [3.05, 3.63) is 60.1 Å². The van der Waals surface area contributed by atoms with Crippen LogP contribution in [0.3, 0.4) is 0 Å². The molecule has 0 spiro atoms. The summed E-state index contributed by atoms with van der Waals surface area (Å²) in [5, 5.41) is 7.22. The summed E-state index contributed by atoms with van der Waals surface area (Å²) in [5.41, 5.74) is 0.893. The van der Waals surface area contributed by atoms with Crippen LogP contribution in [0, 0.1) is 5.82 Å². The quantitative estimate of drug-likeness (QED) is 0.778. The fourth-order valence-corrected chi connectivity index (χ4v) is 3.15. The van der Waals surface area contributed by atoms with Crippen molar-refractivity contribution in [2.24, 2.45) is 7.05 Å². The van der Waals surface area contributed by atoms with Gasteiger partial charge >= 0.3 is 0 Å². The molecule has 0 saturated carbocycles. The Morgan fingerprint density at radius 1 is 1.35 bits per heavy atom. The third kappa shape index (κ3) is 2.99. The molecule has 1 aromatic carbocycles. The number of nitrogens with zero attached hydrogens (tertiary/aromatic N) is 4. The van der Waals surface area contributed by atoms with Crippen LogP contribution in [0.15, 0.2) is 47.2 Å². The number of carbonyl (C=O) groups excluding carboxylic acids is 1. The van der Waals surface area contributed by atoms with E-state index in [1.54, 1.807) is 29.3 Å². The second kappa shape index (κ2) is 6.72. The first-order valence-electron chi connectivity index (χ1n) is 8.35. The molecule has 134 valence electrons. The molecule has 8 heteroatoms. The Hall–Kier alpha value is -3.00. The van der Waals surface area contributed by atoms with Gasteiger partial charge in [0.15, 0.2) is 11.5 Å². The van der Waals surface area contributed by atoms with Crippen molar-refractivity contribution < 1.29 is 13.7 Å². The number of aryl methyl sites for hydroxylation is 1. The van der Waals surface area contributed by atoms with Gasteiger partial charge in [-0.2, -0.15) is 0 Å². The first kappa shape index (κ1) is 16.5. The average molecular weight is 355 g/mol. The Morgan fingerprint density at radius 3 is 2.88 bits per heavy atom. The van der Waals surface area contributed by atoms with E-state index in [4.69, 9.17) is 4.52 Å². The number of hydrogen-bond donors (Lipinski definition) is 1. The zero-order valence-electron chi connectivity index (χ0n) is 14.2. The molecule has 7 nitrogen and oxygen atoms in total. The molecule has 1 atom stereocenters. The highest BCUT2D eigenvalue weighted by atomic mass is 19.1. The maximum Gasteiger partial charge on any atom is 0.276 e. The summed E-state index contributed by atoms with van der Waals surface area (Å²) in [6.07, 6.45) is 3.57. The number of amides is 1.